The second kappa shape index (κ2) is 6.76. The number of hydrogen-bond donors (Lipinski definition) is 1. The molecule has 0 spiro atoms. The van der Waals surface area contributed by atoms with Crippen molar-refractivity contribution in [1.82, 2.24) is 0 Å². The molecule has 0 unspecified atom stereocenters. The van der Waals surface area contributed by atoms with Gasteiger partial charge in [0, 0.05) is 0 Å². The summed E-state index contributed by atoms with van der Waals surface area (Å²) in [4.78, 5) is 0. The van der Waals surface area contributed by atoms with Gasteiger partial charge in [-0.15, -0.1) is 0 Å². The van der Waals surface area contributed by atoms with Gasteiger partial charge in [-0.1, -0.05) is 66.7 Å². The average molecular weight is 270 g/mol. The first-order valence-electron chi connectivity index (χ1n) is 6.28. The van der Waals surface area contributed by atoms with Gasteiger partial charge in [0.15, 0.2) is 0 Å². The predicted molar refractivity (Wildman–Crippen MR) is 86.1 cm³/mol. The normalized spacial score (nSPS) is 9.80. The first-order chi connectivity index (χ1) is 9.34. The van der Waals surface area contributed by atoms with Crippen molar-refractivity contribution < 1.29 is 5.11 Å². The van der Waals surface area contributed by atoms with Crippen molar-refractivity contribution in [3.05, 3.63) is 78.9 Å². The Morgan fingerprint density at radius 3 is 1.50 bits per heavy atom. The van der Waals surface area contributed by atoms with Gasteiger partial charge >= 0.3 is 29.6 Å². The summed E-state index contributed by atoms with van der Waals surface area (Å²) in [7, 11) is 0. The Balaban J connectivity index is 0.00000147. The van der Waals surface area contributed by atoms with E-state index in [9.17, 15) is 5.11 Å². The van der Waals surface area contributed by atoms with Crippen LogP contribution in [0.5, 0.6) is 5.75 Å². The molecule has 0 amide bonds. The fourth-order valence-corrected chi connectivity index (χ4v) is 2.25. The van der Waals surface area contributed by atoms with Crippen LogP contribution < -0.4 is 0 Å². The van der Waals surface area contributed by atoms with Gasteiger partial charge in [0.1, 0.15) is 5.75 Å². The third-order valence-corrected chi connectivity index (χ3v) is 3.19. The maximum atomic E-state index is 9.39. The van der Waals surface area contributed by atoms with Crippen LogP contribution in [0, 0.1) is 0 Å². The van der Waals surface area contributed by atoms with E-state index in [0.29, 0.717) is 5.75 Å². The summed E-state index contributed by atoms with van der Waals surface area (Å²) in [6.45, 7) is 0. The summed E-state index contributed by atoms with van der Waals surface area (Å²) in [6, 6.07) is 26.0. The zero-order valence-electron chi connectivity index (χ0n) is 10.5. The molecule has 0 saturated heterocycles. The Kier molecular flexibility index (Phi) is 5.02. The summed E-state index contributed by atoms with van der Waals surface area (Å²) in [5.74, 6) is 0.293. The van der Waals surface area contributed by atoms with Gasteiger partial charge in [-0.2, -0.15) is 0 Å². The van der Waals surface area contributed by atoms with Crippen LogP contribution in [-0.2, 0) is 0 Å². The molecule has 0 aromatic heterocycles. The van der Waals surface area contributed by atoms with Crippen LogP contribution in [0.15, 0.2) is 78.9 Å². The van der Waals surface area contributed by atoms with Crippen LogP contribution in [-0.4, -0.2) is 34.7 Å². The number of benzene rings is 3. The summed E-state index contributed by atoms with van der Waals surface area (Å²) >= 11 is 0. The summed E-state index contributed by atoms with van der Waals surface area (Å²) < 4.78 is 0. The fraction of sp³-hybridized carbons (Fsp3) is 0. The van der Waals surface area contributed by atoms with Crippen molar-refractivity contribution in [1.29, 1.82) is 0 Å². The Morgan fingerprint density at radius 1 is 0.500 bits per heavy atom. The van der Waals surface area contributed by atoms with Gasteiger partial charge in [0.25, 0.3) is 0 Å². The van der Waals surface area contributed by atoms with E-state index in [1.165, 1.54) is 16.7 Å². The molecule has 2 heteroatoms. The van der Waals surface area contributed by atoms with Gasteiger partial charge in [-0.3, -0.25) is 0 Å². The molecule has 0 saturated carbocycles. The molecule has 0 atom stereocenters. The van der Waals surface area contributed by atoms with E-state index in [4.69, 9.17) is 0 Å². The zero-order valence-corrected chi connectivity index (χ0v) is 10.5. The van der Waals surface area contributed by atoms with Crippen molar-refractivity contribution in [3.8, 4) is 28.0 Å². The summed E-state index contributed by atoms with van der Waals surface area (Å²) in [5.41, 5.74) is 4.69. The first kappa shape index (κ1) is 14.9. The maximum absolute atomic E-state index is 9.39. The number of phenols is 1. The summed E-state index contributed by atoms with van der Waals surface area (Å²) in [6.07, 6.45) is 0. The Hall–Kier alpha value is -1.54. The van der Waals surface area contributed by atoms with Gasteiger partial charge in [-0.05, 0) is 34.4 Å². The SMILES string of the molecule is Oc1ccc(-c2ccccc2-c2ccccc2)cc1.[NaH]. The van der Waals surface area contributed by atoms with Crippen LogP contribution in [0.3, 0.4) is 0 Å². The Labute approximate surface area is 141 Å². The second-order valence-electron chi connectivity index (χ2n) is 4.46. The fourth-order valence-electron chi connectivity index (χ4n) is 2.25. The minimum atomic E-state index is 0. The molecule has 1 N–H and O–H groups in total. The van der Waals surface area contributed by atoms with Gasteiger partial charge in [0.2, 0.25) is 0 Å². The van der Waals surface area contributed by atoms with Crippen molar-refractivity contribution in [3.63, 3.8) is 0 Å². The minimum absolute atomic E-state index is 0. The van der Waals surface area contributed by atoms with Crippen molar-refractivity contribution in [2.75, 3.05) is 0 Å². The molecule has 20 heavy (non-hydrogen) atoms. The molecule has 1 nitrogen and oxygen atoms in total. The van der Waals surface area contributed by atoms with Gasteiger partial charge in [-0.25, -0.2) is 0 Å². The number of phenolic OH excluding ortho intramolecular Hbond substituents is 1. The van der Waals surface area contributed by atoms with Crippen molar-refractivity contribution in [2.45, 2.75) is 0 Å². The van der Waals surface area contributed by atoms with Crippen LogP contribution in [0.2, 0.25) is 0 Å². The van der Waals surface area contributed by atoms with Crippen LogP contribution in [0.25, 0.3) is 22.3 Å². The molecule has 0 heterocycles. The quantitative estimate of drug-likeness (QED) is 0.696. The number of rotatable bonds is 2. The molecule has 3 aromatic rings. The first-order valence-corrected chi connectivity index (χ1v) is 6.28. The second-order valence-corrected chi connectivity index (χ2v) is 4.46. The number of hydrogen-bond acceptors (Lipinski definition) is 1. The molecule has 0 aliphatic rings. The molecular formula is C18H15NaO. The van der Waals surface area contributed by atoms with E-state index in [2.05, 4.69) is 24.3 Å². The third kappa shape index (κ3) is 3.13. The molecule has 0 aliphatic carbocycles. The molecule has 0 aliphatic heterocycles. The van der Waals surface area contributed by atoms with Gasteiger partial charge in [0.05, 0.1) is 0 Å². The third-order valence-electron chi connectivity index (χ3n) is 3.19. The molecule has 3 aromatic carbocycles. The van der Waals surface area contributed by atoms with Crippen LogP contribution in [0.1, 0.15) is 0 Å². The van der Waals surface area contributed by atoms with Crippen molar-refractivity contribution >= 4 is 29.6 Å². The summed E-state index contributed by atoms with van der Waals surface area (Å²) in [5, 5.41) is 9.39. The molecule has 0 fully saturated rings. The predicted octanol–water partition coefficient (Wildman–Crippen LogP) is 4.08. The van der Waals surface area contributed by atoms with E-state index < -0.39 is 0 Å². The van der Waals surface area contributed by atoms with E-state index in [1.807, 2.05) is 42.5 Å². The molecule has 0 radical (unpaired) electrons. The number of aromatic hydroxyl groups is 1. The Morgan fingerprint density at radius 2 is 0.950 bits per heavy atom. The van der Waals surface area contributed by atoms with Crippen molar-refractivity contribution in [2.24, 2.45) is 0 Å². The van der Waals surface area contributed by atoms with E-state index in [0.717, 1.165) is 5.56 Å². The van der Waals surface area contributed by atoms with E-state index >= 15 is 0 Å². The monoisotopic (exact) mass is 270 g/mol. The average Bonchev–Trinajstić information content (AvgIpc) is 2.49. The Bertz CT molecular complexity index is 675. The molecule has 3 rings (SSSR count). The van der Waals surface area contributed by atoms with Crippen LogP contribution >= 0.6 is 0 Å². The van der Waals surface area contributed by atoms with Gasteiger partial charge < -0.3 is 5.11 Å². The van der Waals surface area contributed by atoms with Crippen LogP contribution in [0.4, 0.5) is 0 Å². The topological polar surface area (TPSA) is 20.2 Å². The van der Waals surface area contributed by atoms with E-state index in [-0.39, 0.29) is 29.6 Å². The standard InChI is InChI=1S/C18H14O.Na.H/c19-16-12-10-15(11-13-16)18-9-5-4-8-17(18)14-6-2-1-3-7-14;;/h1-13,19H;;. The zero-order chi connectivity index (χ0) is 13.1. The molecular weight excluding hydrogens is 255 g/mol. The molecule has 0 bridgehead atoms. The molecule has 94 valence electrons. The van der Waals surface area contributed by atoms with E-state index in [1.54, 1.807) is 12.1 Å².